The molecule has 0 saturated carbocycles. The second kappa shape index (κ2) is 11.6. The third-order valence-corrected chi connectivity index (χ3v) is 9.78. The molecule has 8 N–H and O–H groups in total. The van der Waals surface area contributed by atoms with E-state index in [0.29, 0.717) is 11.3 Å². The van der Waals surface area contributed by atoms with E-state index in [1.807, 2.05) is 0 Å². The largest absolute Gasteiger partial charge is 0.505 e. The molecule has 0 bridgehead atoms. The quantitative estimate of drug-likeness (QED) is 0.0642. The van der Waals surface area contributed by atoms with Crippen LogP contribution in [0.4, 0.5) is 34.1 Å². The number of hydrogen-bond acceptors (Lipinski definition) is 13. The monoisotopic (exact) mass is 700 g/mol. The Balaban J connectivity index is 1.73. The van der Waals surface area contributed by atoms with Gasteiger partial charge >= 0.3 is 0 Å². The first kappa shape index (κ1) is 33.3. The number of aryl methyl sites for hydroxylation is 2. The van der Waals surface area contributed by atoms with Gasteiger partial charge < -0.3 is 16.6 Å². The van der Waals surface area contributed by atoms with Crippen molar-refractivity contribution in [3.8, 4) is 5.75 Å². The molecule has 0 aliphatic rings. The number of fused-ring (bicyclic) bond motifs is 2. The van der Waals surface area contributed by atoms with Gasteiger partial charge in [-0.1, -0.05) is 24.3 Å². The first-order valence-electron chi connectivity index (χ1n) is 13.1. The summed E-state index contributed by atoms with van der Waals surface area (Å²) in [7, 11) is -14.8. The number of nitrogens with zero attached hydrogens (tertiary/aromatic N) is 4. The van der Waals surface area contributed by atoms with Gasteiger partial charge in [0.05, 0.1) is 16.8 Å². The molecule has 0 radical (unpaired) electrons. The zero-order chi connectivity index (χ0) is 34.6. The zero-order valence-corrected chi connectivity index (χ0v) is 26.6. The first-order valence-corrected chi connectivity index (χ1v) is 17.4. The van der Waals surface area contributed by atoms with Crippen LogP contribution in [-0.2, 0) is 30.4 Å². The van der Waals surface area contributed by atoms with Crippen molar-refractivity contribution in [3.63, 3.8) is 0 Å². The van der Waals surface area contributed by atoms with Gasteiger partial charge in [0.15, 0.2) is 5.75 Å². The lowest BCUT2D eigenvalue weighted by atomic mass is 10.0. The Labute approximate surface area is 267 Å². The highest BCUT2D eigenvalue weighted by Gasteiger charge is 2.26. The second-order valence-electron chi connectivity index (χ2n) is 10.3. The molecule has 0 spiro atoms. The first-order chi connectivity index (χ1) is 21.8. The molecule has 244 valence electrons. The van der Waals surface area contributed by atoms with Crippen molar-refractivity contribution in [1.29, 1.82) is 0 Å². The molecule has 19 heteroatoms. The number of rotatable bonds is 7. The molecule has 0 amide bonds. The summed E-state index contributed by atoms with van der Waals surface area (Å²) in [6.07, 6.45) is 0. The highest BCUT2D eigenvalue weighted by molar-refractivity contribution is 7.86. The van der Waals surface area contributed by atoms with E-state index in [4.69, 9.17) is 11.5 Å². The van der Waals surface area contributed by atoms with Gasteiger partial charge in [-0.3, -0.25) is 13.7 Å². The van der Waals surface area contributed by atoms with Gasteiger partial charge in [0.25, 0.3) is 30.4 Å². The SMILES string of the molecule is Cc1ccc(N)cc1N=Nc1c(S(=O)(=O)O)cc2cc(C)c(N=Nc3ccc4c(S(=O)(=O)O)cccc4c3S(=O)(=O)O)c(N)c2c1O. The molecule has 0 aliphatic carbocycles. The van der Waals surface area contributed by atoms with Gasteiger partial charge in [-0.2, -0.15) is 30.4 Å². The average molecular weight is 701 g/mol. The van der Waals surface area contributed by atoms with Gasteiger partial charge in [-0.05, 0) is 66.8 Å². The Morgan fingerprint density at radius 2 is 1.26 bits per heavy atom. The Morgan fingerprint density at radius 1 is 0.617 bits per heavy atom. The van der Waals surface area contributed by atoms with E-state index in [1.165, 1.54) is 25.1 Å². The summed E-state index contributed by atoms with van der Waals surface area (Å²) < 4.78 is 103. The maximum atomic E-state index is 12.4. The highest BCUT2D eigenvalue weighted by atomic mass is 32.2. The Morgan fingerprint density at radius 3 is 1.89 bits per heavy atom. The van der Waals surface area contributed by atoms with E-state index < -0.39 is 62.2 Å². The minimum absolute atomic E-state index is 0.0465. The Hall–Kier alpha value is -5.05. The van der Waals surface area contributed by atoms with E-state index in [9.17, 15) is 44.0 Å². The Bertz CT molecular complexity index is 2550. The van der Waals surface area contributed by atoms with Crippen molar-refractivity contribution in [3.05, 3.63) is 71.8 Å². The summed E-state index contributed by atoms with van der Waals surface area (Å²) in [5.41, 5.74) is 12.1. The van der Waals surface area contributed by atoms with Crippen LogP contribution < -0.4 is 11.5 Å². The van der Waals surface area contributed by atoms with Crippen molar-refractivity contribution < 1.29 is 44.0 Å². The molecule has 0 saturated heterocycles. The average Bonchev–Trinajstić information content (AvgIpc) is 2.95. The van der Waals surface area contributed by atoms with Gasteiger partial charge in [-0.25, -0.2) is 0 Å². The van der Waals surface area contributed by atoms with Crippen LogP contribution in [0.1, 0.15) is 11.1 Å². The van der Waals surface area contributed by atoms with Crippen LogP contribution >= 0.6 is 0 Å². The lowest BCUT2D eigenvalue weighted by Crippen LogP contribution is -2.03. The van der Waals surface area contributed by atoms with Crippen LogP contribution in [0.2, 0.25) is 0 Å². The van der Waals surface area contributed by atoms with Crippen LogP contribution in [0.15, 0.2) is 95.8 Å². The molecular weight excluding hydrogens is 677 g/mol. The van der Waals surface area contributed by atoms with Crippen molar-refractivity contribution in [1.82, 2.24) is 0 Å². The molecule has 0 heterocycles. The van der Waals surface area contributed by atoms with E-state index in [-0.39, 0.29) is 44.2 Å². The van der Waals surface area contributed by atoms with Crippen molar-refractivity contribution >= 4 is 86.0 Å². The topological polar surface area (TPSA) is 285 Å². The summed E-state index contributed by atoms with van der Waals surface area (Å²) in [6, 6.07) is 12.7. The fourth-order valence-corrected chi connectivity index (χ4v) is 7.11. The summed E-state index contributed by atoms with van der Waals surface area (Å²) >= 11 is 0. The number of nitrogens with two attached hydrogens (primary N) is 2. The smallest absolute Gasteiger partial charge is 0.297 e. The highest BCUT2D eigenvalue weighted by Crippen LogP contribution is 2.47. The zero-order valence-electron chi connectivity index (χ0n) is 24.2. The van der Waals surface area contributed by atoms with E-state index in [2.05, 4.69) is 20.5 Å². The van der Waals surface area contributed by atoms with E-state index in [1.54, 1.807) is 19.1 Å². The lowest BCUT2D eigenvalue weighted by molar-refractivity contribution is 0.472. The second-order valence-corrected chi connectivity index (χ2v) is 14.4. The Kier molecular flexibility index (Phi) is 8.25. The number of anilines is 2. The molecule has 0 fully saturated rings. The summed E-state index contributed by atoms with van der Waals surface area (Å²) in [5.74, 6) is -0.795. The minimum atomic E-state index is -5.06. The van der Waals surface area contributed by atoms with Crippen LogP contribution in [0.3, 0.4) is 0 Å². The number of nitrogen functional groups attached to an aromatic ring is 2. The molecule has 47 heavy (non-hydrogen) atoms. The van der Waals surface area contributed by atoms with Crippen LogP contribution in [0.25, 0.3) is 21.5 Å². The van der Waals surface area contributed by atoms with Gasteiger partial charge in [0, 0.05) is 16.5 Å². The predicted octanol–water partition coefficient (Wildman–Crippen LogP) is 6.05. The van der Waals surface area contributed by atoms with Gasteiger partial charge in [0.2, 0.25) is 0 Å². The number of benzene rings is 5. The predicted molar refractivity (Wildman–Crippen MR) is 172 cm³/mol. The molecule has 0 unspecified atom stereocenters. The molecule has 16 nitrogen and oxygen atoms in total. The van der Waals surface area contributed by atoms with Crippen LogP contribution in [0.5, 0.6) is 5.75 Å². The molecular formula is C28H24N6O10S3. The molecule has 0 aromatic heterocycles. The standard InChI is InChI=1S/C28H24N6O10S3/c1-13-6-7-16(29)12-20(13)32-34-26-22(46(39,40)41)11-15-10-14(2)25(24(30)23(15)27(26)35)33-31-19-9-8-17-18(28(19)47(42,43)44)4-3-5-21(17)45(36,37)38/h3-12,35H,29-30H2,1-2H3,(H,36,37,38)(H,39,40,41)(H,42,43,44). The fourth-order valence-electron chi connectivity index (χ4n) is 4.92. The lowest BCUT2D eigenvalue weighted by Gasteiger charge is -2.14. The van der Waals surface area contributed by atoms with E-state index >= 15 is 0 Å². The normalized spacial score (nSPS) is 13.0. The molecule has 5 aromatic rings. The maximum absolute atomic E-state index is 12.4. The number of phenolic OH excluding ortho intramolecular Hbond substituents is 1. The van der Waals surface area contributed by atoms with Gasteiger partial charge in [-0.15, -0.1) is 15.3 Å². The minimum Gasteiger partial charge on any atom is -0.505 e. The summed E-state index contributed by atoms with van der Waals surface area (Å²) in [5, 5.41) is 26.5. The van der Waals surface area contributed by atoms with E-state index in [0.717, 1.165) is 30.3 Å². The number of aromatic hydroxyl groups is 1. The fraction of sp³-hybridized carbons (Fsp3) is 0.0714. The molecule has 0 aliphatic heterocycles. The van der Waals surface area contributed by atoms with Crippen molar-refractivity contribution in [2.75, 3.05) is 11.5 Å². The number of phenols is 1. The summed E-state index contributed by atoms with van der Waals surface area (Å²) in [4.78, 5) is -2.21. The van der Waals surface area contributed by atoms with Crippen molar-refractivity contribution in [2.45, 2.75) is 28.5 Å². The number of azo groups is 2. The maximum Gasteiger partial charge on any atom is 0.297 e. The van der Waals surface area contributed by atoms with Crippen LogP contribution in [0, 0.1) is 13.8 Å². The molecule has 5 aromatic carbocycles. The third-order valence-electron chi connectivity index (χ3n) is 7.05. The summed E-state index contributed by atoms with van der Waals surface area (Å²) in [6.45, 7) is 3.18. The molecule has 0 atom stereocenters. The molecule has 5 rings (SSSR count). The third kappa shape index (κ3) is 6.35. The van der Waals surface area contributed by atoms with Crippen molar-refractivity contribution in [2.24, 2.45) is 20.5 Å². The van der Waals surface area contributed by atoms with Gasteiger partial charge in [0.1, 0.15) is 31.7 Å². The number of hydrogen-bond donors (Lipinski definition) is 6. The van der Waals surface area contributed by atoms with Crippen LogP contribution in [-0.4, -0.2) is 44.0 Å².